The number of aliphatic carboxylic acids is 1. The summed E-state index contributed by atoms with van der Waals surface area (Å²) in [6.45, 7) is 8.88. The van der Waals surface area contributed by atoms with E-state index < -0.39 is 30.2 Å². The third-order valence-corrected chi connectivity index (χ3v) is 4.02. The van der Waals surface area contributed by atoms with Gasteiger partial charge in [0.1, 0.15) is 11.9 Å². The summed E-state index contributed by atoms with van der Waals surface area (Å²) in [6, 6.07) is 4.20. The van der Waals surface area contributed by atoms with Crippen molar-refractivity contribution in [2.75, 3.05) is 6.54 Å². The van der Waals surface area contributed by atoms with E-state index in [2.05, 4.69) is 5.32 Å². The molecule has 2 unspecified atom stereocenters. The lowest BCUT2D eigenvalue weighted by molar-refractivity contribution is -0.144. The standard InChI is InChI=1S/C19H28N2O6/c1-10(2)13-7-6-8-14(11(3)4)17(13)27-19(25)26-12(5)16(18(23)24)21-15(22)9-20/h6-8,10-12,16H,9,20H2,1-5H3,(H,21,22)(H,23,24). The Balaban J connectivity index is 2.99. The van der Waals surface area contributed by atoms with Crippen LogP contribution in [-0.4, -0.2) is 41.8 Å². The summed E-state index contributed by atoms with van der Waals surface area (Å²) < 4.78 is 10.5. The van der Waals surface area contributed by atoms with Crippen molar-refractivity contribution in [3.63, 3.8) is 0 Å². The highest BCUT2D eigenvalue weighted by Crippen LogP contribution is 2.34. The average Bonchev–Trinajstić information content (AvgIpc) is 2.58. The molecule has 0 fully saturated rings. The van der Waals surface area contributed by atoms with Gasteiger partial charge in [-0.3, -0.25) is 4.79 Å². The number of hydrogen-bond acceptors (Lipinski definition) is 6. The molecule has 0 saturated heterocycles. The Morgan fingerprint density at radius 3 is 2.00 bits per heavy atom. The molecule has 0 bridgehead atoms. The van der Waals surface area contributed by atoms with Crippen LogP contribution < -0.4 is 15.8 Å². The van der Waals surface area contributed by atoms with Crippen molar-refractivity contribution in [3.8, 4) is 5.75 Å². The first kappa shape index (κ1) is 22.4. The minimum absolute atomic E-state index is 0.111. The number of benzene rings is 1. The van der Waals surface area contributed by atoms with Gasteiger partial charge in [-0.05, 0) is 29.9 Å². The van der Waals surface area contributed by atoms with Crippen molar-refractivity contribution in [1.82, 2.24) is 5.32 Å². The number of para-hydroxylation sites is 1. The average molecular weight is 380 g/mol. The number of carboxylic acid groups (broad SMARTS) is 1. The van der Waals surface area contributed by atoms with Crippen LogP contribution in [0.15, 0.2) is 18.2 Å². The predicted octanol–water partition coefficient (Wildman–Crippen LogP) is 2.37. The molecule has 0 aromatic heterocycles. The minimum atomic E-state index is -1.43. The third kappa shape index (κ3) is 6.25. The highest BCUT2D eigenvalue weighted by Gasteiger charge is 2.30. The molecule has 27 heavy (non-hydrogen) atoms. The summed E-state index contributed by atoms with van der Waals surface area (Å²) in [6.07, 6.45) is -2.19. The molecule has 0 spiro atoms. The van der Waals surface area contributed by atoms with Crippen molar-refractivity contribution in [2.24, 2.45) is 5.73 Å². The molecule has 150 valence electrons. The van der Waals surface area contributed by atoms with Gasteiger partial charge in [0, 0.05) is 0 Å². The topological polar surface area (TPSA) is 128 Å². The van der Waals surface area contributed by atoms with Crippen LogP contribution in [0.25, 0.3) is 0 Å². The lowest BCUT2D eigenvalue weighted by Crippen LogP contribution is -2.51. The number of amides is 1. The van der Waals surface area contributed by atoms with Gasteiger partial charge in [-0.15, -0.1) is 0 Å². The molecule has 0 saturated carbocycles. The van der Waals surface area contributed by atoms with E-state index in [0.717, 1.165) is 11.1 Å². The largest absolute Gasteiger partial charge is 0.514 e. The number of carbonyl (C=O) groups excluding carboxylic acids is 2. The van der Waals surface area contributed by atoms with Crippen LogP contribution in [0.4, 0.5) is 4.79 Å². The molecule has 0 aliphatic rings. The van der Waals surface area contributed by atoms with Crippen LogP contribution in [0.1, 0.15) is 57.6 Å². The third-order valence-electron chi connectivity index (χ3n) is 4.02. The van der Waals surface area contributed by atoms with Gasteiger partial charge in [0.25, 0.3) is 0 Å². The smallest absolute Gasteiger partial charge is 0.480 e. The Morgan fingerprint density at radius 2 is 1.59 bits per heavy atom. The second-order valence-corrected chi connectivity index (χ2v) is 6.84. The lowest BCUT2D eigenvalue weighted by Gasteiger charge is -2.23. The van der Waals surface area contributed by atoms with Gasteiger partial charge >= 0.3 is 12.1 Å². The summed E-state index contributed by atoms with van der Waals surface area (Å²) in [5, 5.41) is 11.4. The monoisotopic (exact) mass is 380 g/mol. The minimum Gasteiger partial charge on any atom is -0.480 e. The van der Waals surface area contributed by atoms with Crippen LogP contribution in [0.5, 0.6) is 5.75 Å². The molecule has 0 aliphatic carbocycles. The maximum Gasteiger partial charge on any atom is 0.514 e. The Bertz CT molecular complexity index is 661. The second kappa shape index (κ2) is 9.91. The van der Waals surface area contributed by atoms with Crippen molar-refractivity contribution >= 4 is 18.0 Å². The van der Waals surface area contributed by atoms with E-state index in [9.17, 15) is 19.5 Å². The molecule has 2 atom stereocenters. The van der Waals surface area contributed by atoms with Crippen molar-refractivity contribution in [2.45, 2.75) is 58.6 Å². The highest BCUT2D eigenvalue weighted by molar-refractivity contribution is 5.85. The molecule has 0 radical (unpaired) electrons. The lowest BCUT2D eigenvalue weighted by atomic mass is 9.94. The first-order valence-corrected chi connectivity index (χ1v) is 8.81. The van der Waals surface area contributed by atoms with Crippen LogP contribution in [0.3, 0.4) is 0 Å². The van der Waals surface area contributed by atoms with E-state index >= 15 is 0 Å². The van der Waals surface area contributed by atoms with E-state index in [1.54, 1.807) is 0 Å². The van der Waals surface area contributed by atoms with Crippen molar-refractivity contribution in [1.29, 1.82) is 0 Å². The van der Waals surface area contributed by atoms with E-state index in [1.165, 1.54) is 6.92 Å². The van der Waals surface area contributed by atoms with Crippen molar-refractivity contribution < 1.29 is 29.0 Å². The van der Waals surface area contributed by atoms with Gasteiger partial charge in [-0.1, -0.05) is 45.9 Å². The van der Waals surface area contributed by atoms with E-state index in [1.807, 2.05) is 45.9 Å². The maximum absolute atomic E-state index is 12.3. The normalized spacial score (nSPS) is 13.2. The number of carboxylic acids is 1. The van der Waals surface area contributed by atoms with E-state index in [-0.39, 0.29) is 18.4 Å². The van der Waals surface area contributed by atoms with E-state index in [0.29, 0.717) is 5.75 Å². The van der Waals surface area contributed by atoms with Crippen LogP contribution >= 0.6 is 0 Å². The van der Waals surface area contributed by atoms with Crippen LogP contribution in [0, 0.1) is 0 Å². The summed E-state index contributed by atoms with van der Waals surface area (Å²) in [5.41, 5.74) is 6.87. The van der Waals surface area contributed by atoms with Crippen LogP contribution in [-0.2, 0) is 14.3 Å². The summed E-state index contributed by atoms with van der Waals surface area (Å²) in [7, 11) is 0. The number of carbonyl (C=O) groups is 3. The highest BCUT2D eigenvalue weighted by atomic mass is 16.7. The van der Waals surface area contributed by atoms with Gasteiger partial charge in [0.05, 0.1) is 6.54 Å². The Morgan fingerprint density at radius 1 is 1.07 bits per heavy atom. The predicted molar refractivity (Wildman–Crippen MR) is 99.8 cm³/mol. The first-order valence-electron chi connectivity index (χ1n) is 8.81. The molecule has 4 N–H and O–H groups in total. The molecule has 1 aromatic rings. The van der Waals surface area contributed by atoms with Gasteiger partial charge in [-0.25, -0.2) is 9.59 Å². The molecule has 1 amide bonds. The number of nitrogens with two attached hydrogens (primary N) is 1. The summed E-state index contributed by atoms with van der Waals surface area (Å²) >= 11 is 0. The van der Waals surface area contributed by atoms with Crippen LogP contribution in [0.2, 0.25) is 0 Å². The summed E-state index contributed by atoms with van der Waals surface area (Å²) in [5.74, 6) is -1.38. The van der Waals surface area contributed by atoms with E-state index in [4.69, 9.17) is 15.2 Å². The van der Waals surface area contributed by atoms with Gasteiger partial charge in [0.2, 0.25) is 5.91 Å². The number of ether oxygens (including phenoxy) is 2. The number of hydrogen-bond donors (Lipinski definition) is 3. The quantitative estimate of drug-likeness (QED) is 0.466. The Hall–Kier alpha value is -2.61. The maximum atomic E-state index is 12.3. The molecule has 1 rings (SSSR count). The molecule has 0 aliphatic heterocycles. The molecule has 1 aromatic carbocycles. The Labute approximate surface area is 159 Å². The summed E-state index contributed by atoms with van der Waals surface area (Å²) in [4.78, 5) is 35.0. The first-order chi connectivity index (χ1) is 12.6. The SMILES string of the molecule is CC(C)c1cccc(C(C)C)c1OC(=O)OC(C)C(NC(=O)CN)C(=O)O. The Kier molecular flexibility index (Phi) is 8.24. The van der Waals surface area contributed by atoms with Gasteiger partial charge in [-0.2, -0.15) is 0 Å². The molecular weight excluding hydrogens is 352 g/mol. The zero-order valence-electron chi connectivity index (χ0n) is 16.3. The molecular formula is C19H28N2O6. The zero-order chi connectivity index (χ0) is 20.7. The van der Waals surface area contributed by atoms with Crippen molar-refractivity contribution in [3.05, 3.63) is 29.3 Å². The van der Waals surface area contributed by atoms with Gasteiger partial charge in [0.15, 0.2) is 6.04 Å². The fraction of sp³-hybridized carbons (Fsp3) is 0.526. The molecule has 8 heteroatoms. The molecule has 8 nitrogen and oxygen atoms in total. The molecule has 0 heterocycles. The fourth-order valence-electron chi connectivity index (χ4n) is 2.54. The fourth-order valence-corrected chi connectivity index (χ4v) is 2.54. The number of rotatable bonds is 8. The second-order valence-electron chi connectivity index (χ2n) is 6.84. The number of nitrogens with one attached hydrogen (secondary N) is 1. The van der Waals surface area contributed by atoms with Gasteiger partial charge < -0.3 is 25.6 Å². The zero-order valence-corrected chi connectivity index (χ0v) is 16.3.